The van der Waals surface area contributed by atoms with Gasteiger partial charge < -0.3 is 39.5 Å². The summed E-state index contributed by atoms with van der Waals surface area (Å²) in [4.78, 5) is 38.5. The molecule has 0 bridgehead atoms. The number of anilines is 2. The Labute approximate surface area is 286 Å². The van der Waals surface area contributed by atoms with Crippen molar-refractivity contribution < 1.29 is 28.5 Å². The summed E-state index contributed by atoms with van der Waals surface area (Å²) >= 11 is 0. The number of hydrogen-bond acceptors (Lipinski definition) is 8. The number of carbonyl (C=O) groups excluding carboxylic acids is 2. The van der Waals surface area contributed by atoms with Crippen LogP contribution in [-0.4, -0.2) is 58.0 Å². The Morgan fingerprint density at radius 3 is 2.47 bits per heavy atom. The number of hydrogen-bond donors (Lipinski definition) is 3. The number of carbonyl (C=O) groups is 2. The van der Waals surface area contributed by atoms with Crippen molar-refractivity contribution in [3.8, 4) is 28.4 Å². The Hall–Kier alpha value is -5.03. The van der Waals surface area contributed by atoms with E-state index in [1.54, 1.807) is 40.6 Å². The van der Waals surface area contributed by atoms with Gasteiger partial charge in [0.15, 0.2) is 11.5 Å². The summed E-state index contributed by atoms with van der Waals surface area (Å²) in [6.07, 6.45) is 5.96. The number of fused-ring (bicyclic) bond motifs is 4. The third-order valence-corrected chi connectivity index (χ3v) is 8.94. The summed E-state index contributed by atoms with van der Waals surface area (Å²) < 4.78 is 24.5. The van der Waals surface area contributed by atoms with Gasteiger partial charge in [0.2, 0.25) is 23.0 Å². The van der Waals surface area contributed by atoms with Crippen LogP contribution in [0.25, 0.3) is 22.0 Å². The Morgan fingerprint density at radius 2 is 1.73 bits per heavy atom. The summed E-state index contributed by atoms with van der Waals surface area (Å²) in [5.41, 5.74) is 5.41. The monoisotopic (exact) mass is 670 g/mol. The maximum absolute atomic E-state index is 13.5. The molecule has 1 aromatic heterocycles. The minimum atomic E-state index is -0.372. The van der Waals surface area contributed by atoms with Crippen molar-refractivity contribution in [3.63, 3.8) is 0 Å². The first kappa shape index (κ1) is 35.3. The molecule has 11 nitrogen and oxygen atoms in total. The molecule has 2 amide bonds. The molecule has 49 heavy (non-hydrogen) atoms. The number of amides is 2. The molecule has 1 aliphatic carbocycles. The molecule has 5 rings (SSSR count). The number of aryl methyl sites for hydroxylation is 1. The van der Waals surface area contributed by atoms with E-state index in [0.717, 1.165) is 59.1 Å². The van der Waals surface area contributed by atoms with Crippen molar-refractivity contribution in [2.45, 2.75) is 58.0 Å². The summed E-state index contributed by atoms with van der Waals surface area (Å²) in [5.74, 6) is 1.32. The predicted octanol–water partition coefficient (Wildman–Crippen LogP) is 6.08. The highest BCUT2D eigenvalue weighted by atomic mass is 16.5. The van der Waals surface area contributed by atoms with Gasteiger partial charge >= 0.3 is 0 Å². The second kappa shape index (κ2) is 16.4. The number of benzene rings is 2. The fraction of sp³-hybridized carbons (Fsp3) is 0.395. The maximum atomic E-state index is 13.5. The molecule has 260 valence electrons. The van der Waals surface area contributed by atoms with Gasteiger partial charge in [-0.1, -0.05) is 18.6 Å². The molecule has 1 heterocycles. The number of nitrogens with one attached hydrogen (secondary N) is 3. The van der Waals surface area contributed by atoms with Crippen LogP contribution in [0, 0.1) is 0 Å². The van der Waals surface area contributed by atoms with Crippen molar-refractivity contribution in [3.05, 3.63) is 76.1 Å². The van der Waals surface area contributed by atoms with Crippen molar-refractivity contribution in [2.24, 2.45) is 0 Å². The van der Waals surface area contributed by atoms with Crippen LogP contribution in [0.5, 0.6) is 17.2 Å². The summed E-state index contributed by atoms with van der Waals surface area (Å²) in [7, 11) is 6.40. The van der Waals surface area contributed by atoms with Gasteiger partial charge in [-0.2, -0.15) is 0 Å². The van der Waals surface area contributed by atoms with Crippen molar-refractivity contribution in [2.75, 3.05) is 52.2 Å². The minimum Gasteiger partial charge on any atom is -0.493 e. The maximum Gasteiger partial charge on any atom is 0.224 e. The van der Waals surface area contributed by atoms with E-state index in [1.165, 1.54) is 6.92 Å². The summed E-state index contributed by atoms with van der Waals surface area (Å²) in [6.45, 7) is 3.41. The van der Waals surface area contributed by atoms with Gasteiger partial charge in [-0.15, -0.1) is 0 Å². The highest BCUT2D eigenvalue weighted by Crippen LogP contribution is 2.50. The Balaban J connectivity index is 1.25. The lowest BCUT2D eigenvalue weighted by atomic mass is 9.95. The Morgan fingerprint density at radius 1 is 0.918 bits per heavy atom. The van der Waals surface area contributed by atoms with Gasteiger partial charge in [-0.05, 0) is 78.8 Å². The number of unbranched alkanes of at least 4 members (excludes halogenated alkanes) is 2. The lowest BCUT2D eigenvalue weighted by Crippen LogP contribution is -2.26. The van der Waals surface area contributed by atoms with Gasteiger partial charge in [-0.3, -0.25) is 14.4 Å². The van der Waals surface area contributed by atoms with Crippen LogP contribution in [0.4, 0.5) is 11.4 Å². The third-order valence-electron chi connectivity index (χ3n) is 8.94. The minimum absolute atomic E-state index is 0.0257. The van der Waals surface area contributed by atoms with Crippen LogP contribution in [-0.2, 0) is 27.3 Å². The van der Waals surface area contributed by atoms with Crippen LogP contribution in [0.3, 0.4) is 0 Å². The summed E-state index contributed by atoms with van der Waals surface area (Å²) in [6, 6.07) is 14.8. The molecule has 0 saturated heterocycles. The third kappa shape index (κ3) is 8.00. The fourth-order valence-corrected chi connectivity index (χ4v) is 6.59. The lowest BCUT2D eigenvalue weighted by Gasteiger charge is -2.19. The second-order valence-electron chi connectivity index (χ2n) is 12.1. The average Bonchev–Trinajstić information content (AvgIpc) is 3.37. The topological polar surface area (TPSA) is 129 Å². The number of rotatable bonds is 15. The predicted molar refractivity (Wildman–Crippen MR) is 192 cm³/mol. The van der Waals surface area contributed by atoms with E-state index in [2.05, 4.69) is 20.5 Å². The molecule has 11 heteroatoms. The molecule has 3 N–H and O–H groups in total. The molecule has 0 unspecified atom stereocenters. The van der Waals surface area contributed by atoms with Gasteiger partial charge in [0, 0.05) is 50.7 Å². The van der Waals surface area contributed by atoms with Crippen LogP contribution in [0.2, 0.25) is 0 Å². The highest BCUT2D eigenvalue weighted by molar-refractivity contribution is 6.01. The molecule has 4 aromatic rings. The molecule has 1 aliphatic rings. The quantitative estimate of drug-likeness (QED) is 0.130. The first-order chi connectivity index (χ1) is 23.8. The normalized spacial score (nSPS) is 13.5. The first-order valence-electron chi connectivity index (χ1n) is 16.7. The molecule has 0 saturated carbocycles. The molecular formula is C38H46N4O7. The van der Waals surface area contributed by atoms with Gasteiger partial charge in [0.25, 0.3) is 0 Å². The van der Waals surface area contributed by atoms with E-state index in [-0.39, 0.29) is 23.3 Å². The van der Waals surface area contributed by atoms with Gasteiger partial charge in [0.1, 0.15) is 0 Å². The SMILES string of the molecule is COCCn1ccc2c(NC(=O)CCCCCNc3ccc4c(cc3=O)[C@@H](NC(C)=O)CCc3cc(OC)c(OC)c(OC)c3-4)cccc21. The Kier molecular flexibility index (Phi) is 11.8. The fourth-order valence-electron chi connectivity index (χ4n) is 6.59. The molecule has 1 atom stereocenters. The Bertz CT molecular complexity index is 1870. The number of aromatic nitrogens is 1. The van der Waals surface area contributed by atoms with E-state index in [9.17, 15) is 14.4 Å². The van der Waals surface area contributed by atoms with E-state index >= 15 is 0 Å². The van der Waals surface area contributed by atoms with E-state index in [4.69, 9.17) is 18.9 Å². The van der Waals surface area contributed by atoms with E-state index in [0.29, 0.717) is 60.9 Å². The standard InChI is InChI=1S/C38H46N4O7/c1-24(43)40-30-15-13-25-22-34(47-3)37(48-4)38(49-5)36(25)26-14-16-31(33(44)23-28(26)30)39-18-8-6-7-12-35(45)41-29-10-9-11-32-27(29)17-19-42(32)20-21-46-2/h9-11,14,16-17,19,22-23,30H,6-8,12-13,15,18,20-21H2,1-5H3,(H,39,44)(H,40,43)(H,41,45)/t30-/m0/s1. The average molecular weight is 671 g/mol. The van der Waals surface area contributed by atoms with Crippen molar-refractivity contribution in [1.82, 2.24) is 9.88 Å². The zero-order chi connectivity index (χ0) is 34.9. The van der Waals surface area contributed by atoms with E-state index < -0.39 is 0 Å². The summed E-state index contributed by atoms with van der Waals surface area (Å²) in [5, 5.41) is 10.4. The largest absolute Gasteiger partial charge is 0.493 e. The van der Waals surface area contributed by atoms with Gasteiger partial charge in [0.05, 0.1) is 50.9 Å². The van der Waals surface area contributed by atoms with Crippen molar-refractivity contribution in [1.29, 1.82) is 0 Å². The smallest absolute Gasteiger partial charge is 0.224 e. The highest BCUT2D eigenvalue weighted by Gasteiger charge is 2.29. The molecular weight excluding hydrogens is 624 g/mol. The number of methoxy groups -OCH3 is 4. The van der Waals surface area contributed by atoms with E-state index in [1.807, 2.05) is 42.6 Å². The zero-order valence-electron chi connectivity index (χ0n) is 28.9. The molecule has 0 aliphatic heterocycles. The molecule has 0 radical (unpaired) electrons. The van der Waals surface area contributed by atoms with Crippen molar-refractivity contribution >= 4 is 34.1 Å². The van der Waals surface area contributed by atoms with Gasteiger partial charge in [-0.25, -0.2) is 0 Å². The molecule has 3 aromatic carbocycles. The number of nitrogens with zero attached hydrogens (tertiary/aromatic N) is 1. The lowest BCUT2D eigenvalue weighted by molar-refractivity contribution is -0.119. The van der Waals surface area contributed by atoms with Crippen LogP contribution in [0.15, 0.2) is 59.5 Å². The molecule has 0 fully saturated rings. The van der Waals surface area contributed by atoms with Crippen LogP contribution in [0.1, 0.15) is 56.2 Å². The van der Waals surface area contributed by atoms with Crippen LogP contribution >= 0.6 is 0 Å². The number of ether oxygens (including phenoxy) is 4. The second-order valence-corrected chi connectivity index (χ2v) is 12.1. The first-order valence-corrected chi connectivity index (χ1v) is 16.7. The molecule has 0 spiro atoms. The van der Waals surface area contributed by atoms with Crippen LogP contribution < -0.4 is 35.6 Å². The zero-order valence-corrected chi connectivity index (χ0v) is 28.9.